The summed E-state index contributed by atoms with van der Waals surface area (Å²) in [6, 6.07) is 9.90. The summed E-state index contributed by atoms with van der Waals surface area (Å²) < 4.78 is 42.7. The van der Waals surface area contributed by atoms with Gasteiger partial charge < -0.3 is 20.9 Å². The Morgan fingerprint density at radius 2 is 1.83 bits per heavy atom. The Bertz CT molecular complexity index is 1540. The number of nitrogens with one attached hydrogen (secondary N) is 4. The Balaban J connectivity index is 1.70. The van der Waals surface area contributed by atoms with Crippen LogP contribution in [0.1, 0.15) is 10.4 Å². The molecule has 0 atom stereocenters. The monoisotopic (exact) mass is 523 g/mol. The normalized spacial score (nSPS) is 11.5. The first kappa shape index (κ1) is 24.4. The molecular weight excluding hydrogens is 507 g/mol. The van der Waals surface area contributed by atoms with Crippen LogP contribution in [-0.2, 0) is 12.7 Å². The number of urea groups is 1. The number of hydrogen-bond acceptors (Lipinski definition) is 5. The van der Waals surface area contributed by atoms with Gasteiger partial charge in [-0.15, -0.1) is 11.3 Å². The Labute approximate surface area is 204 Å². The van der Waals surface area contributed by atoms with Gasteiger partial charge in [-0.05, 0) is 48.5 Å². The molecule has 182 valence electrons. The third-order valence-electron chi connectivity index (χ3n) is 5.04. The second-order valence-electron chi connectivity index (χ2n) is 7.32. The van der Waals surface area contributed by atoms with Crippen LogP contribution in [0.25, 0.3) is 16.6 Å². The van der Waals surface area contributed by atoms with Gasteiger partial charge in [-0.3, -0.25) is 4.79 Å². The van der Waals surface area contributed by atoms with Crippen molar-refractivity contribution in [2.24, 2.45) is 0 Å². The zero-order valence-electron chi connectivity index (χ0n) is 17.9. The number of rotatable bonds is 5. The highest BCUT2D eigenvalue weighted by molar-refractivity contribution is 7.16. The van der Waals surface area contributed by atoms with Gasteiger partial charge in [0.2, 0.25) is 0 Å². The van der Waals surface area contributed by atoms with Crippen molar-refractivity contribution in [3.05, 3.63) is 84.1 Å². The SMILES string of the molecule is CNc1ccc2c(=O)n(-c3ccc(NC(=O)NCc4ccc(Cl)s4)cc3C(F)(F)F)c(=O)[nH]c2c1. The maximum atomic E-state index is 13.9. The molecule has 2 amide bonds. The molecule has 0 saturated heterocycles. The first-order valence-corrected chi connectivity index (χ1v) is 11.2. The molecule has 0 aliphatic carbocycles. The van der Waals surface area contributed by atoms with E-state index in [0.29, 0.717) is 20.7 Å². The fourth-order valence-corrected chi connectivity index (χ4v) is 4.44. The summed E-state index contributed by atoms with van der Waals surface area (Å²) in [5, 5.41) is 7.73. The summed E-state index contributed by atoms with van der Waals surface area (Å²) in [4.78, 5) is 41.0. The molecule has 4 N–H and O–H groups in total. The number of alkyl halides is 3. The van der Waals surface area contributed by atoms with Gasteiger partial charge in [0.1, 0.15) is 0 Å². The van der Waals surface area contributed by atoms with E-state index in [1.165, 1.54) is 29.5 Å². The number of anilines is 2. The number of hydrogen-bond donors (Lipinski definition) is 4. The molecule has 13 heteroatoms. The van der Waals surface area contributed by atoms with E-state index in [2.05, 4.69) is 20.9 Å². The zero-order valence-corrected chi connectivity index (χ0v) is 19.5. The van der Waals surface area contributed by atoms with Crippen LogP contribution in [-0.4, -0.2) is 22.6 Å². The number of amides is 2. The molecule has 8 nitrogen and oxygen atoms in total. The first-order chi connectivity index (χ1) is 16.6. The van der Waals surface area contributed by atoms with E-state index in [4.69, 9.17) is 11.6 Å². The molecule has 0 aliphatic rings. The van der Waals surface area contributed by atoms with Crippen LogP contribution in [0.3, 0.4) is 0 Å². The van der Waals surface area contributed by atoms with Gasteiger partial charge in [-0.1, -0.05) is 11.6 Å². The van der Waals surface area contributed by atoms with E-state index >= 15 is 0 Å². The predicted octanol–water partition coefficient (Wildman–Crippen LogP) is 4.78. The second-order valence-corrected chi connectivity index (χ2v) is 9.12. The summed E-state index contributed by atoms with van der Waals surface area (Å²) in [7, 11) is 1.64. The minimum Gasteiger partial charge on any atom is -0.388 e. The van der Waals surface area contributed by atoms with Crippen molar-refractivity contribution >= 4 is 51.2 Å². The van der Waals surface area contributed by atoms with Crippen molar-refractivity contribution in [3.8, 4) is 5.69 Å². The minimum atomic E-state index is -4.92. The Morgan fingerprint density at radius 1 is 1.09 bits per heavy atom. The van der Waals surface area contributed by atoms with E-state index in [0.717, 1.165) is 10.9 Å². The van der Waals surface area contributed by atoms with Gasteiger partial charge in [-0.25, -0.2) is 14.2 Å². The quantitative estimate of drug-likeness (QED) is 0.302. The van der Waals surface area contributed by atoms with Crippen molar-refractivity contribution in [1.29, 1.82) is 0 Å². The summed E-state index contributed by atoms with van der Waals surface area (Å²) in [5.41, 5.74) is -3.26. The molecule has 2 aromatic carbocycles. The summed E-state index contributed by atoms with van der Waals surface area (Å²) in [6.07, 6.45) is -4.92. The van der Waals surface area contributed by atoms with E-state index in [-0.39, 0.29) is 23.1 Å². The molecule has 0 spiro atoms. The highest BCUT2D eigenvalue weighted by Gasteiger charge is 2.35. The lowest BCUT2D eigenvalue weighted by atomic mass is 10.1. The molecule has 4 rings (SSSR count). The summed E-state index contributed by atoms with van der Waals surface area (Å²) in [6.45, 7) is 0.130. The molecule has 2 aromatic heterocycles. The van der Waals surface area contributed by atoms with Crippen molar-refractivity contribution in [3.63, 3.8) is 0 Å². The van der Waals surface area contributed by atoms with Crippen LogP contribution in [0.5, 0.6) is 0 Å². The van der Waals surface area contributed by atoms with Crippen LogP contribution < -0.4 is 27.2 Å². The number of fused-ring (bicyclic) bond motifs is 1. The fourth-order valence-electron chi connectivity index (χ4n) is 3.42. The van der Waals surface area contributed by atoms with Crippen LogP contribution in [0.15, 0.2) is 58.1 Å². The largest absolute Gasteiger partial charge is 0.418 e. The molecule has 4 aromatic rings. The van der Waals surface area contributed by atoms with E-state index in [9.17, 15) is 27.6 Å². The van der Waals surface area contributed by atoms with Gasteiger partial charge in [0.05, 0.1) is 33.0 Å². The van der Waals surface area contributed by atoms with E-state index < -0.39 is 34.7 Å². The average Bonchev–Trinajstić information content (AvgIpc) is 3.22. The van der Waals surface area contributed by atoms with Crippen molar-refractivity contribution in [1.82, 2.24) is 14.9 Å². The number of benzene rings is 2. The molecular formula is C22H17ClF3N5O3S. The van der Waals surface area contributed by atoms with Crippen molar-refractivity contribution in [2.45, 2.75) is 12.7 Å². The standard InChI is InChI=1S/C22H17ClF3N5O3S/c1-27-11-2-5-14-16(9-11)30-21(34)31(19(14)32)17-6-3-12(8-15(17)22(24,25)26)29-20(33)28-10-13-4-7-18(23)35-13/h2-9,27H,10H2,1H3,(H,30,34)(H2,28,29,33). The molecule has 0 saturated carbocycles. The number of nitrogens with zero attached hydrogens (tertiary/aromatic N) is 1. The maximum absolute atomic E-state index is 13.9. The highest BCUT2D eigenvalue weighted by Crippen LogP contribution is 2.35. The lowest BCUT2D eigenvalue weighted by Crippen LogP contribution is -2.35. The number of carbonyl (C=O) groups excluding carboxylic acids is 1. The molecule has 35 heavy (non-hydrogen) atoms. The predicted molar refractivity (Wildman–Crippen MR) is 130 cm³/mol. The Kier molecular flexibility index (Phi) is 6.59. The number of thiophene rings is 1. The smallest absolute Gasteiger partial charge is 0.388 e. The lowest BCUT2D eigenvalue weighted by Gasteiger charge is -2.16. The summed E-state index contributed by atoms with van der Waals surface area (Å²) >= 11 is 7.08. The van der Waals surface area contributed by atoms with E-state index in [1.807, 2.05) is 0 Å². The third kappa shape index (κ3) is 5.17. The summed E-state index contributed by atoms with van der Waals surface area (Å²) in [5.74, 6) is 0. The highest BCUT2D eigenvalue weighted by atomic mass is 35.5. The second kappa shape index (κ2) is 9.47. The van der Waals surface area contributed by atoms with Gasteiger partial charge in [0.25, 0.3) is 5.56 Å². The third-order valence-corrected chi connectivity index (χ3v) is 6.27. The number of aromatic nitrogens is 2. The van der Waals surface area contributed by atoms with Crippen LogP contribution in [0, 0.1) is 0 Å². The van der Waals surface area contributed by atoms with Crippen molar-refractivity contribution in [2.75, 3.05) is 17.7 Å². The minimum absolute atomic E-state index is 0.0342. The number of H-pyrrole nitrogens is 1. The average molecular weight is 524 g/mol. The molecule has 0 aliphatic heterocycles. The van der Waals surface area contributed by atoms with Gasteiger partial charge in [0.15, 0.2) is 0 Å². The molecule has 2 heterocycles. The molecule has 0 fully saturated rings. The van der Waals surface area contributed by atoms with Gasteiger partial charge in [-0.2, -0.15) is 13.2 Å². The number of aromatic amines is 1. The number of halogens is 4. The first-order valence-electron chi connectivity index (χ1n) is 10.0. The molecule has 0 unspecified atom stereocenters. The zero-order chi connectivity index (χ0) is 25.3. The lowest BCUT2D eigenvalue weighted by molar-refractivity contribution is -0.137. The van der Waals surface area contributed by atoms with Gasteiger partial charge >= 0.3 is 17.9 Å². The number of carbonyl (C=O) groups is 1. The Hall–Kier alpha value is -3.77. The Morgan fingerprint density at radius 3 is 2.49 bits per heavy atom. The van der Waals surface area contributed by atoms with Crippen molar-refractivity contribution < 1.29 is 18.0 Å². The topological polar surface area (TPSA) is 108 Å². The van der Waals surface area contributed by atoms with Crippen LogP contribution >= 0.6 is 22.9 Å². The molecule has 0 radical (unpaired) electrons. The van der Waals surface area contributed by atoms with Crippen LogP contribution in [0.4, 0.5) is 29.3 Å². The van der Waals surface area contributed by atoms with E-state index in [1.54, 1.807) is 25.2 Å². The van der Waals surface area contributed by atoms with Gasteiger partial charge in [0, 0.05) is 23.3 Å². The maximum Gasteiger partial charge on any atom is 0.418 e. The molecule has 0 bridgehead atoms. The van der Waals surface area contributed by atoms with Crippen LogP contribution in [0.2, 0.25) is 4.34 Å². The fraction of sp³-hybridized carbons (Fsp3) is 0.136.